The maximum atomic E-state index is 12.6. The summed E-state index contributed by atoms with van der Waals surface area (Å²) < 4.78 is 11.0. The standard InChI is InChI=1S/C32H61NO8/c1-3-5-7-9-10-11-12-13-14-15-16-18-19-21-26(35)25(33-28(36)22-20-17-8-6-4-2)24-40-32-31(39)30(38)29(37)27(23-34)41-32/h19,21,25-27,29-32,34-35,37-39H,3-18,20,22-24H2,1-2H3,(H,33,36)/b21-19+/t25-,26-,27+,29-,30-,31+,32+/m0/s1. The molecule has 0 aliphatic carbocycles. The van der Waals surface area contributed by atoms with Crippen molar-refractivity contribution in [2.75, 3.05) is 13.2 Å². The molecule has 0 aromatic rings. The highest BCUT2D eigenvalue weighted by Gasteiger charge is 2.44. The summed E-state index contributed by atoms with van der Waals surface area (Å²) in [6.07, 6.45) is 15.8. The van der Waals surface area contributed by atoms with Gasteiger partial charge in [-0.2, -0.15) is 0 Å². The van der Waals surface area contributed by atoms with Crippen molar-refractivity contribution < 1.29 is 39.8 Å². The molecule has 9 nitrogen and oxygen atoms in total. The van der Waals surface area contributed by atoms with Crippen LogP contribution in [0, 0.1) is 0 Å². The minimum absolute atomic E-state index is 0.186. The van der Waals surface area contributed by atoms with Crippen molar-refractivity contribution in [2.45, 2.75) is 172 Å². The Bertz CT molecular complexity index is 662. The molecule has 1 amide bonds. The third-order valence-electron chi connectivity index (χ3n) is 7.86. The molecule has 9 heteroatoms. The summed E-state index contributed by atoms with van der Waals surface area (Å²) in [5.41, 5.74) is 0. The van der Waals surface area contributed by atoms with Crippen molar-refractivity contribution in [3.8, 4) is 0 Å². The first-order valence-electron chi connectivity index (χ1n) is 16.4. The first-order chi connectivity index (χ1) is 19.8. The van der Waals surface area contributed by atoms with Crippen LogP contribution in [0.2, 0.25) is 0 Å². The van der Waals surface area contributed by atoms with Gasteiger partial charge >= 0.3 is 0 Å². The molecule has 242 valence electrons. The van der Waals surface area contributed by atoms with Gasteiger partial charge in [0.1, 0.15) is 24.4 Å². The first kappa shape index (κ1) is 38.0. The number of amides is 1. The number of aliphatic hydroxyl groups is 5. The molecule has 0 spiro atoms. The first-order valence-corrected chi connectivity index (χ1v) is 16.4. The summed E-state index contributed by atoms with van der Waals surface area (Å²) in [5, 5.41) is 53.4. The second-order valence-corrected chi connectivity index (χ2v) is 11.6. The normalized spacial score (nSPS) is 24.5. The molecule has 1 fully saturated rings. The number of hydrogen-bond acceptors (Lipinski definition) is 8. The molecule has 0 aromatic carbocycles. The predicted octanol–water partition coefficient (Wildman–Crippen LogP) is 4.27. The third kappa shape index (κ3) is 17.0. The highest BCUT2D eigenvalue weighted by Crippen LogP contribution is 2.22. The monoisotopic (exact) mass is 587 g/mol. The zero-order valence-electron chi connectivity index (χ0n) is 25.8. The Labute approximate surface area is 248 Å². The van der Waals surface area contributed by atoms with E-state index in [1.807, 2.05) is 6.08 Å². The molecule has 1 heterocycles. The Morgan fingerprint density at radius 3 is 1.90 bits per heavy atom. The summed E-state index contributed by atoms with van der Waals surface area (Å²) in [7, 11) is 0. The van der Waals surface area contributed by atoms with E-state index in [0.29, 0.717) is 6.42 Å². The number of ether oxygens (including phenoxy) is 2. The molecule has 0 unspecified atom stereocenters. The Kier molecular flexibility index (Phi) is 22.6. The molecule has 7 atom stereocenters. The third-order valence-corrected chi connectivity index (χ3v) is 7.86. The second-order valence-electron chi connectivity index (χ2n) is 11.6. The van der Waals surface area contributed by atoms with E-state index >= 15 is 0 Å². The molecule has 0 saturated carbocycles. The van der Waals surface area contributed by atoms with Crippen LogP contribution in [0.15, 0.2) is 12.2 Å². The lowest BCUT2D eigenvalue weighted by atomic mass is 9.99. The van der Waals surface area contributed by atoms with Crippen molar-refractivity contribution in [2.24, 2.45) is 0 Å². The fourth-order valence-corrected chi connectivity index (χ4v) is 5.09. The number of nitrogens with one attached hydrogen (secondary N) is 1. The summed E-state index contributed by atoms with van der Waals surface area (Å²) >= 11 is 0. The molecule has 6 N–H and O–H groups in total. The number of hydrogen-bond donors (Lipinski definition) is 6. The maximum Gasteiger partial charge on any atom is 0.220 e. The molecular weight excluding hydrogens is 526 g/mol. The maximum absolute atomic E-state index is 12.6. The number of carbonyl (C=O) groups is 1. The van der Waals surface area contributed by atoms with Crippen LogP contribution in [0.5, 0.6) is 0 Å². The van der Waals surface area contributed by atoms with Gasteiger partial charge in [0, 0.05) is 6.42 Å². The molecule has 41 heavy (non-hydrogen) atoms. The van der Waals surface area contributed by atoms with Crippen LogP contribution >= 0.6 is 0 Å². The largest absolute Gasteiger partial charge is 0.394 e. The SMILES string of the molecule is CCCCCCCCCCCCC/C=C/[C@H](O)[C@H](CO[C@@H]1O[C@H](CO)[C@H](O)[C@H](O)[C@H]1O)NC(=O)CCCCCCC. The smallest absolute Gasteiger partial charge is 0.220 e. The van der Waals surface area contributed by atoms with Crippen molar-refractivity contribution in [3.05, 3.63) is 12.2 Å². The fourth-order valence-electron chi connectivity index (χ4n) is 5.09. The predicted molar refractivity (Wildman–Crippen MR) is 161 cm³/mol. The van der Waals surface area contributed by atoms with E-state index < -0.39 is 49.5 Å². The van der Waals surface area contributed by atoms with Gasteiger partial charge in [-0.25, -0.2) is 0 Å². The summed E-state index contributed by atoms with van der Waals surface area (Å²) in [5.74, 6) is -0.193. The Morgan fingerprint density at radius 1 is 0.805 bits per heavy atom. The van der Waals surface area contributed by atoms with E-state index in [9.17, 15) is 30.3 Å². The van der Waals surface area contributed by atoms with Gasteiger partial charge in [-0.1, -0.05) is 116 Å². The minimum Gasteiger partial charge on any atom is -0.394 e. The molecule has 1 aliphatic heterocycles. The molecule has 1 rings (SSSR count). The van der Waals surface area contributed by atoms with Gasteiger partial charge < -0.3 is 40.3 Å². The second kappa shape index (κ2) is 24.4. The summed E-state index contributed by atoms with van der Waals surface area (Å²) in [6, 6.07) is -0.793. The lowest BCUT2D eigenvalue weighted by Gasteiger charge is -2.40. The van der Waals surface area contributed by atoms with E-state index in [-0.39, 0.29) is 12.5 Å². The van der Waals surface area contributed by atoms with Crippen molar-refractivity contribution in [3.63, 3.8) is 0 Å². The zero-order chi connectivity index (χ0) is 30.3. The van der Waals surface area contributed by atoms with E-state index in [2.05, 4.69) is 19.2 Å². The van der Waals surface area contributed by atoms with Crippen molar-refractivity contribution in [1.29, 1.82) is 0 Å². The minimum atomic E-state index is -1.56. The highest BCUT2D eigenvalue weighted by molar-refractivity contribution is 5.76. The van der Waals surface area contributed by atoms with Crippen LogP contribution < -0.4 is 5.32 Å². The lowest BCUT2D eigenvalue weighted by Crippen LogP contribution is -2.60. The van der Waals surface area contributed by atoms with E-state index in [1.54, 1.807) is 6.08 Å². The number of aliphatic hydroxyl groups excluding tert-OH is 5. The van der Waals surface area contributed by atoms with E-state index in [1.165, 1.54) is 57.8 Å². The Hall–Kier alpha value is -1.07. The van der Waals surface area contributed by atoms with Crippen LogP contribution in [0.4, 0.5) is 0 Å². The van der Waals surface area contributed by atoms with Crippen LogP contribution in [0.25, 0.3) is 0 Å². The molecule has 1 aliphatic rings. The van der Waals surface area contributed by atoms with E-state index in [0.717, 1.165) is 51.4 Å². The van der Waals surface area contributed by atoms with Gasteiger partial charge in [-0.05, 0) is 19.3 Å². The number of carbonyl (C=O) groups excluding carboxylic acids is 1. The van der Waals surface area contributed by atoms with Gasteiger partial charge in [-0.15, -0.1) is 0 Å². The Morgan fingerprint density at radius 2 is 1.34 bits per heavy atom. The lowest BCUT2D eigenvalue weighted by molar-refractivity contribution is -0.302. The van der Waals surface area contributed by atoms with Gasteiger partial charge in [0.2, 0.25) is 5.91 Å². The molecule has 0 bridgehead atoms. The molecular formula is C32H61NO8. The van der Waals surface area contributed by atoms with Crippen LogP contribution in [-0.4, -0.2) is 87.5 Å². The summed E-state index contributed by atoms with van der Waals surface area (Å²) in [4.78, 5) is 12.6. The highest BCUT2D eigenvalue weighted by atomic mass is 16.7. The van der Waals surface area contributed by atoms with Gasteiger partial charge in [-0.3, -0.25) is 4.79 Å². The van der Waals surface area contributed by atoms with Crippen LogP contribution in [0.3, 0.4) is 0 Å². The van der Waals surface area contributed by atoms with Crippen molar-refractivity contribution >= 4 is 5.91 Å². The molecule has 0 aromatic heterocycles. The Balaban J connectivity index is 2.50. The number of rotatable bonds is 25. The number of allylic oxidation sites excluding steroid dienone is 1. The molecule has 1 saturated heterocycles. The zero-order valence-corrected chi connectivity index (χ0v) is 25.8. The molecule has 0 radical (unpaired) electrons. The quantitative estimate of drug-likeness (QED) is 0.0685. The fraction of sp³-hybridized carbons (Fsp3) is 0.906. The van der Waals surface area contributed by atoms with E-state index in [4.69, 9.17) is 9.47 Å². The van der Waals surface area contributed by atoms with Gasteiger partial charge in [0.05, 0.1) is 25.4 Å². The average Bonchev–Trinajstić information content (AvgIpc) is 2.97. The average molecular weight is 588 g/mol. The van der Waals surface area contributed by atoms with Gasteiger partial charge in [0.15, 0.2) is 6.29 Å². The number of unbranched alkanes of at least 4 members (excludes halogenated alkanes) is 15. The van der Waals surface area contributed by atoms with Crippen molar-refractivity contribution in [1.82, 2.24) is 5.32 Å². The summed E-state index contributed by atoms with van der Waals surface area (Å²) in [6.45, 7) is 3.63. The van der Waals surface area contributed by atoms with Crippen LogP contribution in [-0.2, 0) is 14.3 Å². The van der Waals surface area contributed by atoms with Crippen LogP contribution in [0.1, 0.15) is 129 Å². The van der Waals surface area contributed by atoms with Gasteiger partial charge in [0.25, 0.3) is 0 Å². The topological polar surface area (TPSA) is 149 Å².